The summed E-state index contributed by atoms with van der Waals surface area (Å²) in [6.45, 7) is 11.5. The van der Waals surface area contributed by atoms with Gasteiger partial charge in [0, 0.05) is 0 Å². The minimum atomic E-state index is 0.500. The molecule has 0 radical (unpaired) electrons. The summed E-state index contributed by atoms with van der Waals surface area (Å²) in [4.78, 5) is 0. The van der Waals surface area contributed by atoms with Gasteiger partial charge in [0.25, 0.3) is 0 Å². The highest BCUT2D eigenvalue weighted by Crippen LogP contribution is 2.05. The number of H-pyrrole nitrogens is 1. The lowest BCUT2D eigenvalue weighted by molar-refractivity contribution is 0.636. The molecule has 1 aromatic rings. The first-order valence-corrected chi connectivity index (χ1v) is 4.63. The normalized spacial score (nSPS) is 6.43. The van der Waals surface area contributed by atoms with E-state index in [2.05, 4.69) is 16.8 Å². The highest BCUT2D eigenvalue weighted by atomic mass is 19.1. The second-order valence-corrected chi connectivity index (χ2v) is 1.44. The van der Waals surface area contributed by atoms with Gasteiger partial charge >= 0.3 is 0 Å². The third-order valence-corrected chi connectivity index (χ3v) is 0.904. The molecule has 3 nitrogen and oxygen atoms in total. The Kier molecular flexibility index (Phi) is 23.3. The Morgan fingerprint density at radius 2 is 1.79 bits per heavy atom. The lowest BCUT2D eigenvalue weighted by Gasteiger charge is -1.82. The van der Waals surface area contributed by atoms with E-state index in [-0.39, 0.29) is 0 Å². The molecule has 1 aromatic heterocycles. The van der Waals surface area contributed by atoms with E-state index in [1.807, 2.05) is 27.7 Å². The predicted molar refractivity (Wildman–Crippen MR) is 62.8 cm³/mol. The minimum absolute atomic E-state index is 0.500. The lowest BCUT2D eigenvalue weighted by atomic mass is 10.4. The quantitative estimate of drug-likeness (QED) is 0.736. The number of hydrogen-bond acceptors (Lipinski definition) is 2. The van der Waals surface area contributed by atoms with Gasteiger partial charge in [0.15, 0.2) is 0 Å². The van der Waals surface area contributed by atoms with Crippen LogP contribution in [0.1, 0.15) is 33.4 Å². The van der Waals surface area contributed by atoms with Crippen molar-refractivity contribution in [3.8, 4) is 0 Å². The van der Waals surface area contributed by atoms with E-state index in [0.717, 1.165) is 5.69 Å². The summed E-state index contributed by atoms with van der Waals surface area (Å²) < 4.78 is 9.50. The van der Waals surface area contributed by atoms with E-state index in [1.165, 1.54) is 0 Å². The van der Waals surface area contributed by atoms with Crippen LogP contribution in [0.25, 0.3) is 6.08 Å². The van der Waals surface area contributed by atoms with E-state index in [0.29, 0.717) is 12.9 Å². The zero-order valence-electron chi connectivity index (χ0n) is 9.76. The zero-order chi connectivity index (χ0) is 12.0. The van der Waals surface area contributed by atoms with Crippen LogP contribution in [-0.4, -0.2) is 17.4 Å². The molecule has 0 amide bonds. The van der Waals surface area contributed by atoms with Crippen molar-refractivity contribution in [1.82, 2.24) is 10.2 Å². The molecule has 4 heteroatoms. The molecule has 0 spiro atoms. The molecule has 84 valence electrons. The molecule has 14 heavy (non-hydrogen) atoms. The molecule has 0 saturated carbocycles. The van der Waals surface area contributed by atoms with Crippen LogP contribution in [0.4, 0.5) is 10.1 Å². The molecule has 0 unspecified atom stereocenters. The van der Waals surface area contributed by atoms with Crippen molar-refractivity contribution in [1.29, 1.82) is 0 Å². The largest absolute Gasteiger partial charge is 0.396 e. The number of nitrogens with zero attached hydrogens (tertiary/aromatic N) is 1. The van der Waals surface area contributed by atoms with E-state index in [9.17, 15) is 4.39 Å². The third kappa shape index (κ3) is 8.77. The summed E-state index contributed by atoms with van der Waals surface area (Å²) in [5, 5.41) is 6.33. The average molecular weight is 203 g/mol. The summed E-state index contributed by atoms with van der Waals surface area (Å²) in [6.07, 6.45) is 3.18. The predicted octanol–water partition coefficient (Wildman–Crippen LogP) is 3.27. The van der Waals surface area contributed by atoms with Gasteiger partial charge in [-0.25, -0.2) is 0 Å². The fourth-order valence-corrected chi connectivity index (χ4v) is 0.469. The fourth-order valence-electron chi connectivity index (χ4n) is 0.469. The molecule has 0 bridgehead atoms. The van der Waals surface area contributed by atoms with Crippen molar-refractivity contribution in [2.24, 2.45) is 0 Å². The summed E-state index contributed by atoms with van der Waals surface area (Å²) in [6, 6.07) is 0. The third-order valence-electron chi connectivity index (χ3n) is 0.904. The number of hydrogen-bond donors (Lipinski definition) is 2. The van der Waals surface area contributed by atoms with Gasteiger partial charge in [0.05, 0.1) is 24.8 Å². The maximum Gasteiger partial charge on any atom is 0.0801 e. The number of alkyl halides is 1. The van der Waals surface area contributed by atoms with Crippen LogP contribution in [0.15, 0.2) is 12.8 Å². The molecular weight excluding hydrogens is 181 g/mol. The van der Waals surface area contributed by atoms with Gasteiger partial charge in [-0.2, -0.15) is 5.10 Å². The topological polar surface area (TPSA) is 54.7 Å². The zero-order valence-corrected chi connectivity index (χ0v) is 9.76. The van der Waals surface area contributed by atoms with Crippen LogP contribution >= 0.6 is 0 Å². The summed E-state index contributed by atoms with van der Waals surface area (Å²) in [5.74, 6) is 0. The number of nitrogen functional groups attached to an aromatic ring is 1. The maximum absolute atomic E-state index is 9.50. The van der Waals surface area contributed by atoms with Gasteiger partial charge in [-0.05, 0) is 6.08 Å². The van der Waals surface area contributed by atoms with Gasteiger partial charge in [0.2, 0.25) is 0 Å². The first kappa shape index (κ1) is 18.5. The van der Waals surface area contributed by atoms with E-state index < -0.39 is 0 Å². The van der Waals surface area contributed by atoms with Crippen LogP contribution in [0.5, 0.6) is 0 Å². The number of nitrogens with two attached hydrogens (primary N) is 1. The van der Waals surface area contributed by atoms with Gasteiger partial charge in [-0.1, -0.05) is 34.3 Å². The standard InChI is InChI=1S/C5H7N3.2C2H6.CH3F/c1-2-5-4(6)3-7-8-5;3*1-2/h2-3H,1,6H2,(H,7,8);2*1-2H3;1H3. The Balaban J connectivity index is -0.000000174. The molecular formula is C10H22FN3. The summed E-state index contributed by atoms with van der Waals surface area (Å²) in [7, 11) is 0.500. The van der Waals surface area contributed by atoms with Gasteiger partial charge in [-0.15, -0.1) is 0 Å². The van der Waals surface area contributed by atoms with Crippen LogP contribution < -0.4 is 5.73 Å². The Labute approximate surface area is 86.2 Å². The van der Waals surface area contributed by atoms with Crippen molar-refractivity contribution in [3.63, 3.8) is 0 Å². The molecule has 0 atom stereocenters. The molecule has 0 saturated heterocycles. The number of aromatic amines is 1. The average Bonchev–Trinajstić information content (AvgIpc) is 2.72. The Morgan fingerprint density at radius 1 is 1.36 bits per heavy atom. The van der Waals surface area contributed by atoms with E-state index in [4.69, 9.17) is 5.73 Å². The Bertz CT molecular complexity index is 197. The molecule has 0 aromatic carbocycles. The van der Waals surface area contributed by atoms with Crippen molar-refractivity contribution < 1.29 is 4.39 Å². The second kappa shape index (κ2) is 17.7. The summed E-state index contributed by atoms with van der Waals surface area (Å²) in [5.41, 5.74) is 6.81. The van der Waals surface area contributed by atoms with Gasteiger partial charge < -0.3 is 5.73 Å². The second-order valence-electron chi connectivity index (χ2n) is 1.44. The fraction of sp³-hybridized carbons (Fsp3) is 0.500. The van der Waals surface area contributed by atoms with Crippen molar-refractivity contribution >= 4 is 11.8 Å². The highest BCUT2D eigenvalue weighted by Gasteiger charge is 1.91. The molecule has 0 aliphatic rings. The van der Waals surface area contributed by atoms with E-state index in [1.54, 1.807) is 12.3 Å². The van der Waals surface area contributed by atoms with Crippen LogP contribution in [-0.2, 0) is 0 Å². The number of halogens is 1. The molecule has 0 aliphatic carbocycles. The van der Waals surface area contributed by atoms with Crippen LogP contribution in [0.2, 0.25) is 0 Å². The molecule has 0 aliphatic heterocycles. The minimum Gasteiger partial charge on any atom is -0.396 e. The highest BCUT2D eigenvalue weighted by molar-refractivity contribution is 5.57. The molecule has 3 N–H and O–H groups in total. The van der Waals surface area contributed by atoms with Crippen LogP contribution in [0.3, 0.4) is 0 Å². The molecule has 1 heterocycles. The van der Waals surface area contributed by atoms with Crippen LogP contribution in [0, 0.1) is 0 Å². The lowest BCUT2D eigenvalue weighted by Crippen LogP contribution is -1.82. The molecule has 1 rings (SSSR count). The SMILES string of the molecule is C=Cc1[nH]ncc1N.CC.CC.CF. The van der Waals surface area contributed by atoms with Gasteiger partial charge in [0.1, 0.15) is 0 Å². The maximum atomic E-state index is 9.50. The molecule has 0 fully saturated rings. The Hall–Kier alpha value is -1.32. The smallest absolute Gasteiger partial charge is 0.0801 e. The number of anilines is 1. The number of aromatic nitrogens is 2. The Morgan fingerprint density at radius 3 is 1.93 bits per heavy atom. The first-order valence-electron chi connectivity index (χ1n) is 4.63. The number of nitrogens with one attached hydrogen (secondary N) is 1. The van der Waals surface area contributed by atoms with Crippen molar-refractivity contribution in [2.75, 3.05) is 12.9 Å². The van der Waals surface area contributed by atoms with Crippen molar-refractivity contribution in [3.05, 3.63) is 18.5 Å². The summed E-state index contributed by atoms with van der Waals surface area (Å²) >= 11 is 0. The van der Waals surface area contributed by atoms with Crippen molar-refractivity contribution in [2.45, 2.75) is 27.7 Å². The van der Waals surface area contributed by atoms with Gasteiger partial charge in [-0.3, -0.25) is 9.49 Å². The monoisotopic (exact) mass is 203 g/mol. The number of rotatable bonds is 1. The van der Waals surface area contributed by atoms with E-state index >= 15 is 0 Å². The first-order chi connectivity index (χ1) is 6.84.